The number of fused-ring (bicyclic) bond motifs is 1. The summed E-state index contributed by atoms with van der Waals surface area (Å²) in [5.41, 5.74) is -0.584. The molecule has 0 amide bonds. The molecule has 0 saturated heterocycles. The van der Waals surface area contributed by atoms with Crippen molar-refractivity contribution in [3.63, 3.8) is 0 Å². The van der Waals surface area contributed by atoms with Crippen LogP contribution in [0.25, 0.3) is 5.52 Å². The Balaban J connectivity index is 2.82. The zero-order valence-corrected chi connectivity index (χ0v) is 9.24. The predicted molar refractivity (Wildman–Crippen MR) is 59.2 cm³/mol. The maximum absolute atomic E-state index is 11.5. The molecule has 0 bridgehead atoms. The minimum atomic E-state index is -1.20. The molecule has 0 aliphatic heterocycles. The van der Waals surface area contributed by atoms with Crippen LogP contribution in [-0.2, 0) is 0 Å². The number of hydrogen-bond donors (Lipinski definition) is 2. The van der Waals surface area contributed by atoms with Crippen LogP contribution in [-0.4, -0.2) is 31.2 Å². The third-order valence-corrected chi connectivity index (χ3v) is 2.84. The fourth-order valence-corrected chi connectivity index (χ4v) is 2.11. The lowest BCUT2D eigenvalue weighted by Crippen LogP contribution is -2.11. The lowest BCUT2D eigenvalue weighted by atomic mass is 10.4. The summed E-state index contributed by atoms with van der Waals surface area (Å²) in [5, 5.41) is 9.47. The molecule has 0 spiro atoms. The molecular weight excluding hydrogens is 230 g/mol. The number of rotatable bonds is 3. The molecule has 2 N–H and O–H groups in total. The van der Waals surface area contributed by atoms with Gasteiger partial charge < -0.3 is 10.1 Å². The second kappa shape index (κ2) is 4.01. The highest BCUT2D eigenvalue weighted by Crippen LogP contribution is 2.19. The summed E-state index contributed by atoms with van der Waals surface area (Å²) in [4.78, 5) is 28.9. The van der Waals surface area contributed by atoms with E-state index in [2.05, 4.69) is 9.97 Å². The number of hydrogen-bond acceptors (Lipinski definition) is 4. The maximum atomic E-state index is 11.5. The van der Waals surface area contributed by atoms with Crippen molar-refractivity contribution in [2.45, 2.75) is 12.1 Å². The SMILES string of the molecule is CCSc1nc(C(=O)O)c2c(=O)[nH]ccn12. The van der Waals surface area contributed by atoms with E-state index in [4.69, 9.17) is 5.11 Å². The van der Waals surface area contributed by atoms with Gasteiger partial charge in [0.25, 0.3) is 5.56 Å². The normalized spacial score (nSPS) is 10.8. The number of aromatic amines is 1. The Morgan fingerprint density at radius 1 is 1.69 bits per heavy atom. The van der Waals surface area contributed by atoms with Gasteiger partial charge in [0.2, 0.25) is 0 Å². The first kappa shape index (κ1) is 10.7. The van der Waals surface area contributed by atoms with Gasteiger partial charge in [-0.3, -0.25) is 9.20 Å². The van der Waals surface area contributed by atoms with Crippen LogP contribution in [0.1, 0.15) is 17.4 Å². The van der Waals surface area contributed by atoms with E-state index in [1.54, 1.807) is 6.20 Å². The van der Waals surface area contributed by atoms with E-state index in [-0.39, 0.29) is 11.2 Å². The molecule has 0 saturated carbocycles. The number of nitrogens with one attached hydrogen (secondary N) is 1. The topological polar surface area (TPSA) is 87.5 Å². The zero-order valence-electron chi connectivity index (χ0n) is 8.43. The second-order valence-electron chi connectivity index (χ2n) is 2.99. The molecule has 0 unspecified atom stereocenters. The Morgan fingerprint density at radius 2 is 2.44 bits per heavy atom. The summed E-state index contributed by atoms with van der Waals surface area (Å²) >= 11 is 1.39. The third kappa shape index (κ3) is 1.58. The fourth-order valence-electron chi connectivity index (χ4n) is 1.40. The van der Waals surface area contributed by atoms with Gasteiger partial charge in [-0.2, -0.15) is 0 Å². The molecule has 0 fully saturated rings. The number of thioether (sulfide) groups is 1. The van der Waals surface area contributed by atoms with E-state index in [0.29, 0.717) is 5.16 Å². The molecule has 2 heterocycles. The highest BCUT2D eigenvalue weighted by molar-refractivity contribution is 7.99. The Kier molecular flexibility index (Phi) is 2.69. The first-order chi connectivity index (χ1) is 7.65. The van der Waals surface area contributed by atoms with Crippen LogP contribution < -0.4 is 5.56 Å². The van der Waals surface area contributed by atoms with E-state index in [0.717, 1.165) is 5.75 Å². The van der Waals surface area contributed by atoms with Crippen LogP contribution in [0.5, 0.6) is 0 Å². The largest absolute Gasteiger partial charge is 0.476 e. The number of imidazole rings is 1. The van der Waals surface area contributed by atoms with Crippen molar-refractivity contribution in [2.75, 3.05) is 5.75 Å². The van der Waals surface area contributed by atoms with E-state index < -0.39 is 11.5 Å². The molecule has 16 heavy (non-hydrogen) atoms. The van der Waals surface area contributed by atoms with Crippen LogP contribution >= 0.6 is 11.8 Å². The van der Waals surface area contributed by atoms with Crippen molar-refractivity contribution >= 4 is 23.2 Å². The molecule has 0 radical (unpaired) electrons. The summed E-state index contributed by atoms with van der Waals surface area (Å²) in [7, 11) is 0. The second-order valence-corrected chi connectivity index (χ2v) is 4.22. The van der Waals surface area contributed by atoms with Gasteiger partial charge in [-0.1, -0.05) is 18.7 Å². The molecule has 84 valence electrons. The standard InChI is InChI=1S/C9H9N3O3S/c1-2-16-9-11-5(8(14)15)6-7(13)10-3-4-12(6)9/h3-4H,2H2,1H3,(H,10,13)(H,14,15). The Morgan fingerprint density at radius 3 is 3.06 bits per heavy atom. The highest BCUT2D eigenvalue weighted by atomic mass is 32.2. The zero-order chi connectivity index (χ0) is 11.7. The minimum Gasteiger partial charge on any atom is -0.476 e. The predicted octanol–water partition coefficient (Wildman–Crippen LogP) is 0.833. The van der Waals surface area contributed by atoms with Crippen molar-refractivity contribution in [3.05, 3.63) is 28.4 Å². The van der Waals surface area contributed by atoms with E-state index in [1.807, 2.05) is 6.92 Å². The summed E-state index contributed by atoms with van der Waals surface area (Å²) in [5.74, 6) is -0.442. The summed E-state index contributed by atoms with van der Waals surface area (Å²) in [6.45, 7) is 1.93. The number of aromatic carboxylic acids is 1. The van der Waals surface area contributed by atoms with Gasteiger partial charge in [0.1, 0.15) is 5.52 Å². The van der Waals surface area contributed by atoms with Crippen molar-refractivity contribution in [1.82, 2.24) is 14.4 Å². The highest BCUT2D eigenvalue weighted by Gasteiger charge is 2.18. The maximum Gasteiger partial charge on any atom is 0.357 e. The van der Waals surface area contributed by atoms with Gasteiger partial charge in [0.05, 0.1) is 0 Å². The average molecular weight is 239 g/mol. The number of nitrogens with zero attached hydrogens (tertiary/aromatic N) is 2. The number of carboxylic acids is 1. The van der Waals surface area contributed by atoms with Gasteiger partial charge in [0, 0.05) is 12.4 Å². The van der Waals surface area contributed by atoms with Crippen LogP contribution in [0.15, 0.2) is 22.3 Å². The molecule has 2 aromatic heterocycles. The van der Waals surface area contributed by atoms with Crippen LogP contribution in [0, 0.1) is 0 Å². The first-order valence-electron chi connectivity index (χ1n) is 4.61. The first-order valence-corrected chi connectivity index (χ1v) is 5.59. The Labute approximate surface area is 94.3 Å². The molecule has 0 atom stereocenters. The molecule has 0 aliphatic rings. The van der Waals surface area contributed by atoms with E-state index >= 15 is 0 Å². The number of carboxylic acid groups (broad SMARTS) is 1. The van der Waals surface area contributed by atoms with Crippen LogP contribution in [0.2, 0.25) is 0 Å². The van der Waals surface area contributed by atoms with Gasteiger partial charge in [-0.05, 0) is 5.75 Å². The fraction of sp³-hybridized carbons (Fsp3) is 0.222. The van der Waals surface area contributed by atoms with Crippen molar-refractivity contribution in [1.29, 1.82) is 0 Å². The number of carbonyl (C=O) groups is 1. The monoisotopic (exact) mass is 239 g/mol. The van der Waals surface area contributed by atoms with Crippen molar-refractivity contribution in [3.8, 4) is 0 Å². The average Bonchev–Trinajstić information content (AvgIpc) is 2.60. The summed E-state index contributed by atoms with van der Waals surface area (Å²) in [6, 6.07) is 0. The smallest absolute Gasteiger partial charge is 0.357 e. The summed E-state index contributed by atoms with van der Waals surface area (Å²) in [6.07, 6.45) is 3.05. The van der Waals surface area contributed by atoms with Crippen LogP contribution in [0.4, 0.5) is 0 Å². The van der Waals surface area contributed by atoms with Crippen molar-refractivity contribution in [2.24, 2.45) is 0 Å². The lowest BCUT2D eigenvalue weighted by molar-refractivity contribution is 0.0692. The number of H-pyrrole nitrogens is 1. The van der Waals surface area contributed by atoms with Gasteiger partial charge in [-0.25, -0.2) is 9.78 Å². The third-order valence-electron chi connectivity index (χ3n) is 2.01. The molecule has 2 rings (SSSR count). The van der Waals surface area contributed by atoms with E-state index in [1.165, 1.54) is 22.4 Å². The Bertz CT molecular complexity index is 602. The molecule has 7 heteroatoms. The van der Waals surface area contributed by atoms with Gasteiger partial charge >= 0.3 is 5.97 Å². The minimum absolute atomic E-state index is 0.0750. The molecule has 2 aromatic rings. The Hall–Kier alpha value is -1.76. The number of aromatic nitrogens is 3. The van der Waals surface area contributed by atoms with Gasteiger partial charge in [-0.15, -0.1) is 0 Å². The van der Waals surface area contributed by atoms with Gasteiger partial charge in [0.15, 0.2) is 10.9 Å². The molecule has 0 aromatic carbocycles. The van der Waals surface area contributed by atoms with Crippen molar-refractivity contribution < 1.29 is 9.90 Å². The van der Waals surface area contributed by atoms with E-state index in [9.17, 15) is 9.59 Å². The summed E-state index contributed by atoms with van der Waals surface area (Å²) < 4.78 is 1.50. The van der Waals surface area contributed by atoms with Crippen LogP contribution in [0.3, 0.4) is 0 Å². The molecular formula is C9H9N3O3S. The molecule has 6 nitrogen and oxygen atoms in total. The quantitative estimate of drug-likeness (QED) is 0.775. The lowest BCUT2D eigenvalue weighted by Gasteiger charge is -1.96. The molecule has 0 aliphatic carbocycles.